The Balaban J connectivity index is 5.18. The van der Waals surface area contributed by atoms with E-state index in [9.17, 15) is 23.2 Å². The van der Waals surface area contributed by atoms with Gasteiger partial charge in [-0.15, -0.1) is 0 Å². The molecule has 0 saturated heterocycles. The first-order chi connectivity index (χ1) is 9.45. The molecular weight excluding hydrogens is 288 g/mol. The highest BCUT2D eigenvalue weighted by atomic mass is 19.3. The van der Waals surface area contributed by atoms with Crippen LogP contribution in [0.25, 0.3) is 0 Å². The molecule has 0 aromatic rings. The molecule has 122 valence electrons. The monoisotopic (exact) mass is 309 g/mol. The Bertz CT molecular complexity index is 404. The van der Waals surface area contributed by atoms with Crippen LogP contribution in [0.2, 0.25) is 0 Å². The molecular formula is C13H21F2NO5. The second-order valence-electron chi connectivity index (χ2n) is 5.40. The van der Waals surface area contributed by atoms with Crippen molar-refractivity contribution < 1.29 is 32.6 Å². The van der Waals surface area contributed by atoms with Crippen molar-refractivity contribution in [1.29, 1.82) is 0 Å². The average Bonchev–Trinajstić information content (AvgIpc) is 2.33. The second-order valence-corrected chi connectivity index (χ2v) is 5.40. The Hall–Kier alpha value is -1.73. The molecule has 0 aliphatic carbocycles. The molecule has 1 unspecified atom stereocenters. The topological polar surface area (TPSA) is 81.7 Å². The Morgan fingerprint density at radius 1 is 1.19 bits per heavy atom. The number of carbonyl (C=O) groups is 3. The Kier molecular flexibility index (Phi) is 6.72. The first-order valence-electron chi connectivity index (χ1n) is 6.44. The van der Waals surface area contributed by atoms with E-state index >= 15 is 0 Å². The third-order valence-corrected chi connectivity index (χ3v) is 2.31. The van der Waals surface area contributed by atoms with Gasteiger partial charge in [-0.3, -0.25) is 4.79 Å². The van der Waals surface area contributed by atoms with Crippen molar-refractivity contribution in [2.75, 3.05) is 7.11 Å². The summed E-state index contributed by atoms with van der Waals surface area (Å²) >= 11 is 0. The number of methoxy groups -OCH3 is 1. The molecule has 0 aliphatic rings. The summed E-state index contributed by atoms with van der Waals surface area (Å²) in [6.45, 7) is 6.13. The predicted molar refractivity (Wildman–Crippen MR) is 70.0 cm³/mol. The van der Waals surface area contributed by atoms with Gasteiger partial charge in [-0.2, -0.15) is 8.78 Å². The van der Waals surface area contributed by atoms with Crippen molar-refractivity contribution in [1.82, 2.24) is 5.32 Å². The number of esters is 1. The molecule has 0 saturated carbocycles. The van der Waals surface area contributed by atoms with Gasteiger partial charge in [-0.1, -0.05) is 6.92 Å². The molecule has 0 fully saturated rings. The van der Waals surface area contributed by atoms with Gasteiger partial charge < -0.3 is 14.8 Å². The number of alkyl halides is 2. The quantitative estimate of drug-likeness (QED) is 0.759. The number of Topliss-reactive ketones (excluding diaryl/α,β-unsaturated/α-hetero) is 1. The molecule has 0 aliphatic heterocycles. The molecule has 6 nitrogen and oxygen atoms in total. The van der Waals surface area contributed by atoms with Crippen molar-refractivity contribution in [3.05, 3.63) is 0 Å². The lowest BCUT2D eigenvalue weighted by Gasteiger charge is -2.26. The van der Waals surface area contributed by atoms with Crippen LogP contribution in [0.4, 0.5) is 13.6 Å². The smallest absolute Gasteiger partial charge is 0.408 e. The van der Waals surface area contributed by atoms with Crippen molar-refractivity contribution in [3.8, 4) is 0 Å². The maximum Gasteiger partial charge on any atom is 0.408 e. The van der Waals surface area contributed by atoms with Gasteiger partial charge in [0.15, 0.2) is 0 Å². The number of amides is 1. The molecule has 1 N–H and O–H groups in total. The number of hydrogen-bond donors (Lipinski definition) is 1. The van der Waals surface area contributed by atoms with Gasteiger partial charge in [0.05, 0.1) is 7.11 Å². The normalized spacial score (nSPS) is 13.3. The minimum Gasteiger partial charge on any atom is -0.467 e. The van der Waals surface area contributed by atoms with Gasteiger partial charge in [-0.05, 0) is 27.2 Å². The highest BCUT2D eigenvalue weighted by Crippen LogP contribution is 2.24. The van der Waals surface area contributed by atoms with E-state index < -0.39 is 41.8 Å². The minimum absolute atomic E-state index is 0.189. The van der Waals surface area contributed by atoms with Crippen LogP contribution in [0.5, 0.6) is 0 Å². The third kappa shape index (κ3) is 6.05. The minimum atomic E-state index is -4.07. The average molecular weight is 309 g/mol. The summed E-state index contributed by atoms with van der Waals surface area (Å²) in [7, 11) is 0.881. The van der Waals surface area contributed by atoms with Crippen LogP contribution >= 0.6 is 0 Å². The van der Waals surface area contributed by atoms with Crippen LogP contribution < -0.4 is 5.32 Å². The lowest BCUT2D eigenvalue weighted by Crippen LogP contribution is -2.57. The SMILES string of the molecule is CCCC(=O)C(F)(F)C(NC(=O)OC(C)(C)C)C(=O)OC. The zero-order chi connectivity index (χ0) is 16.8. The van der Waals surface area contributed by atoms with E-state index in [1.54, 1.807) is 12.2 Å². The molecule has 0 bridgehead atoms. The largest absolute Gasteiger partial charge is 0.467 e. The number of hydrogen-bond acceptors (Lipinski definition) is 5. The van der Waals surface area contributed by atoms with E-state index in [-0.39, 0.29) is 6.42 Å². The summed E-state index contributed by atoms with van der Waals surface area (Å²) < 4.78 is 37.0. The van der Waals surface area contributed by atoms with Gasteiger partial charge in [-0.25, -0.2) is 9.59 Å². The summed E-state index contributed by atoms with van der Waals surface area (Å²) in [6.07, 6.45) is -1.47. The zero-order valence-electron chi connectivity index (χ0n) is 12.8. The van der Waals surface area contributed by atoms with Crippen LogP contribution in [0.3, 0.4) is 0 Å². The molecule has 0 aromatic heterocycles. The summed E-state index contributed by atoms with van der Waals surface area (Å²) in [5.74, 6) is -6.94. The Morgan fingerprint density at radius 3 is 2.10 bits per heavy atom. The van der Waals surface area contributed by atoms with Gasteiger partial charge in [0.2, 0.25) is 11.8 Å². The molecule has 0 rings (SSSR count). The Morgan fingerprint density at radius 2 is 1.71 bits per heavy atom. The first kappa shape index (κ1) is 19.3. The van der Waals surface area contributed by atoms with E-state index in [1.807, 2.05) is 0 Å². The molecule has 0 spiro atoms. The number of nitrogens with one attached hydrogen (secondary N) is 1. The van der Waals surface area contributed by atoms with Gasteiger partial charge in [0, 0.05) is 6.42 Å². The number of ketones is 1. The summed E-state index contributed by atoms with van der Waals surface area (Å²) in [5, 5.41) is 1.70. The maximum atomic E-state index is 14.0. The van der Waals surface area contributed by atoms with Gasteiger partial charge in [0.1, 0.15) is 5.60 Å². The fourth-order valence-electron chi connectivity index (χ4n) is 1.40. The fraction of sp³-hybridized carbons (Fsp3) is 0.769. The lowest BCUT2D eigenvalue weighted by molar-refractivity contribution is -0.163. The van der Waals surface area contributed by atoms with Crippen LogP contribution in [0, 0.1) is 0 Å². The lowest BCUT2D eigenvalue weighted by atomic mass is 10.0. The molecule has 1 atom stereocenters. The maximum absolute atomic E-state index is 14.0. The van der Waals surface area contributed by atoms with E-state index in [1.165, 1.54) is 20.8 Å². The summed E-state index contributed by atoms with van der Waals surface area (Å²) in [4.78, 5) is 34.4. The number of ether oxygens (including phenoxy) is 2. The molecule has 0 heterocycles. The van der Waals surface area contributed by atoms with E-state index in [0.717, 1.165) is 7.11 Å². The second kappa shape index (κ2) is 7.33. The summed E-state index contributed by atoms with van der Waals surface area (Å²) in [6, 6.07) is -2.42. The van der Waals surface area contributed by atoms with E-state index in [2.05, 4.69) is 4.74 Å². The Labute approximate surface area is 122 Å². The van der Waals surface area contributed by atoms with E-state index in [4.69, 9.17) is 4.74 Å². The number of rotatable bonds is 6. The molecule has 21 heavy (non-hydrogen) atoms. The highest BCUT2D eigenvalue weighted by Gasteiger charge is 2.52. The summed E-state index contributed by atoms with van der Waals surface area (Å²) in [5.41, 5.74) is -0.937. The van der Waals surface area contributed by atoms with Crippen LogP contribution in [-0.2, 0) is 19.1 Å². The number of alkyl carbamates (subject to hydrolysis) is 1. The molecule has 0 radical (unpaired) electrons. The molecule has 1 amide bonds. The van der Waals surface area contributed by atoms with Crippen LogP contribution in [0.1, 0.15) is 40.5 Å². The fourth-order valence-corrected chi connectivity index (χ4v) is 1.40. The standard InChI is InChI=1S/C13H21F2NO5/c1-6-7-8(17)13(14,15)9(10(18)20-5)16-11(19)21-12(2,3)4/h9H,6-7H2,1-5H3,(H,16,19). The van der Waals surface area contributed by atoms with Gasteiger partial charge >= 0.3 is 18.0 Å². The zero-order valence-corrected chi connectivity index (χ0v) is 12.8. The molecule has 8 heteroatoms. The van der Waals surface area contributed by atoms with Crippen LogP contribution in [-0.4, -0.2) is 42.5 Å². The van der Waals surface area contributed by atoms with Crippen molar-refractivity contribution in [2.24, 2.45) is 0 Å². The van der Waals surface area contributed by atoms with Crippen LogP contribution in [0.15, 0.2) is 0 Å². The number of halogens is 2. The van der Waals surface area contributed by atoms with Crippen molar-refractivity contribution in [2.45, 2.75) is 58.1 Å². The van der Waals surface area contributed by atoms with Gasteiger partial charge in [0.25, 0.3) is 0 Å². The molecule has 0 aromatic carbocycles. The van der Waals surface area contributed by atoms with Crippen molar-refractivity contribution >= 4 is 17.8 Å². The first-order valence-corrected chi connectivity index (χ1v) is 6.44. The predicted octanol–water partition coefficient (Wildman–Crippen LogP) is 2.06. The van der Waals surface area contributed by atoms with Crippen molar-refractivity contribution in [3.63, 3.8) is 0 Å². The highest BCUT2D eigenvalue weighted by molar-refractivity contribution is 5.94. The number of carbonyl (C=O) groups excluding carboxylic acids is 3. The van der Waals surface area contributed by atoms with E-state index in [0.29, 0.717) is 0 Å². The third-order valence-electron chi connectivity index (χ3n) is 2.31.